The van der Waals surface area contributed by atoms with E-state index in [9.17, 15) is 8.42 Å². The van der Waals surface area contributed by atoms with Gasteiger partial charge in [-0.1, -0.05) is 55.0 Å². The van der Waals surface area contributed by atoms with Gasteiger partial charge in [0.1, 0.15) is 0 Å². The third-order valence-corrected chi connectivity index (χ3v) is 5.05. The number of benzene rings is 2. The molecule has 0 heterocycles. The number of hydrogen-bond donors (Lipinski definition) is 1. The van der Waals surface area contributed by atoms with Gasteiger partial charge in [-0.3, -0.25) is 0 Å². The van der Waals surface area contributed by atoms with Gasteiger partial charge in [-0.05, 0) is 37.0 Å². The minimum atomic E-state index is -3.44. The predicted octanol–water partition coefficient (Wildman–Crippen LogP) is 3.47. The molecule has 1 N–H and O–H groups in total. The van der Waals surface area contributed by atoms with Crippen molar-refractivity contribution < 1.29 is 8.42 Å². The summed E-state index contributed by atoms with van der Waals surface area (Å²) in [4.78, 5) is 0.316. The van der Waals surface area contributed by atoms with E-state index in [0.29, 0.717) is 11.4 Å². The Labute approximate surface area is 127 Å². The van der Waals surface area contributed by atoms with Crippen molar-refractivity contribution in [3.63, 3.8) is 0 Å². The van der Waals surface area contributed by atoms with Gasteiger partial charge in [-0.25, -0.2) is 13.1 Å². The van der Waals surface area contributed by atoms with E-state index in [1.807, 2.05) is 49.4 Å². The summed E-state index contributed by atoms with van der Waals surface area (Å²) < 4.78 is 27.3. The summed E-state index contributed by atoms with van der Waals surface area (Å²) in [6.45, 7) is 4.42. The van der Waals surface area contributed by atoms with Gasteiger partial charge in [0.15, 0.2) is 0 Å². The summed E-state index contributed by atoms with van der Waals surface area (Å²) in [6.07, 6.45) is 0.889. The number of nitrogens with one attached hydrogen (secondary N) is 1. The fraction of sp³-hybridized carbons (Fsp3) is 0.294. The zero-order valence-corrected chi connectivity index (χ0v) is 13.2. The van der Waals surface area contributed by atoms with Crippen LogP contribution in [0.5, 0.6) is 0 Å². The van der Waals surface area contributed by atoms with E-state index in [2.05, 4.69) is 11.6 Å². The second-order valence-electron chi connectivity index (χ2n) is 5.18. The molecule has 0 amide bonds. The molecule has 21 heavy (non-hydrogen) atoms. The molecule has 0 aromatic heterocycles. The van der Waals surface area contributed by atoms with Crippen LogP contribution in [-0.2, 0) is 10.0 Å². The molecule has 112 valence electrons. The predicted molar refractivity (Wildman–Crippen MR) is 85.8 cm³/mol. The molecule has 0 bridgehead atoms. The van der Waals surface area contributed by atoms with Crippen LogP contribution in [0.25, 0.3) is 0 Å². The van der Waals surface area contributed by atoms with Gasteiger partial charge in [0.05, 0.1) is 4.90 Å². The van der Waals surface area contributed by atoms with Crippen molar-refractivity contribution in [3.05, 3.63) is 65.7 Å². The van der Waals surface area contributed by atoms with Crippen LogP contribution in [0, 0.1) is 6.92 Å². The first-order valence-corrected chi connectivity index (χ1v) is 8.62. The van der Waals surface area contributed by atoms with Crippen LogP contribution in [0.1, 0.15) is 30.4 Å². The van der Waals surface area contributed by atoms with E-state index in [0.717, 1.165) is 17.5 Å². The lowest BCUT2D eigenvalue weighted by Crippen LogP contribution is -2.28. The van der Waals surface area contributed by atoms with Gasteiger partial charge in [0.2, 0.25) is 10.0 Å². The monoisotopic (exact) mass is 303 g/mol. The highest BCUT2D eigenvalue weighted by Crippen LogP contribution is 2.19. The highest BCUT2D eigenvalue weighted by atomic mass is 32.2. The van der Waals surface area contributed by atoms with Crippen LogP contribution >= 0.6 is 0 Å². The smallest absolute Gasteiger partial charge is 0.211 e. The Kier molecular flexibility index (Phi) is 5.15. The van der Waals surface area contributed by atoms with E-state index < -0.39 is 10.0 Å². The summed E-state index contributed by atoms with van der Waals surface area (Å²) in [7, 11) is -3.44. The lowest BCUT2D eigenvalue weighted by atomic mass is 9.97. The Bertz CT molecular complexity index is 664. The highest BCUT2D eigenvalue weighted by Gasteiger charge is 2.16. The lowest BCUT2D eigenvalue weighted by molar-refractivity contribution is 0.566. The lowest BCUT2D eigenvalue weighted by Gasteiger charge is -2.16. The standard InChI is InChI=1S/C17H21NO2S/c1-3-15(16-7-5-4-6-8-16)13-18-21(19,20)17-11-9-14(2)10-12-17/h4-12,15,18H,3,13H2,1-2H3. The van der Waals surface area contributed by atoms with Crippen molar-refractivity contribution in [2.75, 3.05) is 6.54 Å². The quantitative estimate of drug-likeness (QED) is 0.888. The SMILES string of the molecule is CCC(CNS(=O)(=O)c1ccc(C)cc1)c1ccccc1. The largest absolute Gasteiger partial charge is 0.240 e. The summed E-state index contributed by atoms with van der Waals surface area (Å²) >= 11 is 0. The molecule has 3 nitrogen and oxygen atoms in total. The molecule has 0 aliphatic carbocycles. The summed E-state index contributed by atoms with van der Waals surface area (Å²) in [5.74, 6) is 0.187. The third kappa shape index (κ3) is 4.16. The first-order chi connectivity index (χ1) is 10.0. The van der Waals surface area contributed by atoms with Crippen LogP contribution in [0.2, 0.25) is 0 Å². The molecule has 0 aliphatic rings. The highest BCUT2D eigenvalue weighted by molar-refractivity contribution is 7.89. The van der Waals surface area contributed by atoms with Crippen molar-refractivity contribution in [2.45, 2.75) is 31.1 Å². The molecular weight excluding hydrogens is 282 g/mol. The fourth-order valence-corrected chi connectivity index (χ4v) is 3.32. The van der Waals surface area contributed by atoms with Crippen molar-refractivity contribution in [1.29, 1.82) is 0 Å². The minimum Gasteiger partial charge on any atom is -0.211 e. The Morgan fingerprint density at radius 1 is 1.00 bits per heavy atom. The zero-order chi connectivity index (χ0) is 15.3. The second-order valence-corrected chi connectivity index (χ2v) is 6.95. The van der Waals surface area contributed by atoms with Crippen molar-refractivity contribution >= 4 is 10.0 Å². The number of hydrogen-bond acceptors (Lipinski definition) is 2. The van der Waals surface area contributed by atoms with Gasteiger partial charge in [0, 0.05) is 6.54 Å². The van der Waals surface area contributed by atoms with Crippen LogP contribution in [0.4, 0.5) is 0 Å². The van der Waals surface area contributed by atoms with Crippen LogP contribution in [0.3, 0.4) is 0 Å². The Hall–Kier alpha value is -1.65. The molecule has 2 rings (SSSR count). The maximum Gasteiger partial charge on any atom is 0.240 e. The van der Waals surface area contributed by atoms with Crippen LogP contribution in [0.15, 0.2) is 59.5 Å². The molecular formula is C17H21NO2S. The molecule has 0 spiro atoms. The van der Waals surface area contributed by atoms with E-state index in [4.69, 9.17) is 0 Å². The first kappa shape index (κ1) is 15.7. The maximum absolute atomic E-state index is 12.3. The molecule has 0 radical (unpaired) electrons. The summed E-state index contributed by atoms with van der Waals surface area (Å²) in [5.41, 5.74) is 2.20. The van der Waals surface area contributed by atoms with E-state index in [-0.39, 0.29) is 5.92 Å². The third-order valence-electron chi connectivity index (χ3n) is 3.61. The molecule has 4 heteroatoms. The van der Waals surface area contributed by atoms with Gasteiger partial charge < -0.3 is 0 Å². The average Bonchev–Trinajstić information content (AvgIpc) is 2.49. The number of sulfonamides is 1. The van der Waals surface area contributed by atoms with Crippen molar-refractivity contribution in [3.8, 4) is 0 Å². The van der Waals surface area contributed by atoms with Crippen molar-refractivity contribution in [1.82, 2.24) is 4.72 Å². The molecule has 0 saturated carbocycles. The minimum absolute atomic E-state index is 0.187. The van der Waals surface area contributed by atoms with E-state index in [1.54, 1.807) is 12.1 Å². The normalized spacial score (nSPS) is 13.0. The van der Waals surface area contributed by atoms with Gasteiger partial charge in [0.25, 0.3) is 0 Å². The molecule has 0 aliphatic heterocycles. The molecule has 0 fully saturated rings. The fourth-order valence-electron chi connectivity index (χ4n) is 2.23. The topological polar surface area (TPSA) is 46.2 Å². The second kappa shape index (κ2) is 6.87. The van der Waals surface area contributed by atoms with Crippen LogP contribution in [-0.4, -0.2) is 15.0 Å². The maximum atomic E-state index is 12.3. The molecule has 2 aromatic carbocycles. The Morgan fingerprint density at radius 2 is 1.62 bits per heavy atom. The van der Waals surface area contributed by atoms with Crippen LogP contribution < -0.4 is 4.72 Å². The number of aryl methyl sites for hydroxylation is 1. The van der Waals surface area contributed by atoms with Crippen molar-refractivity contribution in [2.24, 2.45) is 0 Å². The Balaban J connectivity index is 2.08. The van der Waals surface area contributed by atoms with Gasteiger partial charge >= 0.3 is 0 Å². The summed E-state index contributed by atoms with van der Waals surface area (Å²) in [5, 5.41) is 0. The first-order valence-electron chi connectivity index (χ1n) is 7.14. The summed E-state index contributed by atoms with van der Waals surface area (Å²) in [6, 6.07) is 16.9. The zero-order valence-electron chi connectivity index (χ0n) is 12.4. The van der Waals surface area contributed by atoms with Gasteiger partial charge in [-0.15, -0.1) is 0 Å². The van der Waals surface area contributed by atoms with E-state index in [1.165, 1.54) is 0 Å². The average molecular weight is 303 g/mol. The Morgan fingerprint density at radius 3 is 2.19 bits per heavy atom. The van der Waals surface area contributed by atoms with E-state index >= 15 is 0 Å². The molecule has 1 unspecified atom stereocenters. The molecule has 0 saturated heterocycles. The number of rotatable bonds is 6. The molecule has 1 atom stereocenters. The van der Waals surface area contributed by atoms with Gasteiger partial charge in [-0.2, -0.15) is 0 Å². The molecule has 2 aromatic rings.